The zero-order valence-electron chi connectivity index (χ0n) is 10.9. The molecule has 17 heavy (non-hydrogen) atoms. The third-order valence-electron chi connectivity index (χ3n) is 2.95. The lowest BCUT2D eigenvalue weighted by atomic mass is 9.99. The number of amides is 2. The molecule has 0 unspecified atom stereocenters. The summed E-state index contributed by atoms with van der Waals surface area (Å²) in [4.78, 5) is 13.7. The standard InChI is InChI=1S/C12H24N2O3/c1-3-17-10-11-5-4-7-14(9-11)12(15)13-6-8-16-2/h11H,3-10H2,1-2H3,(H,13,15)/t11-/m0/s1. The molecule has 0 aromatic rings. The fraction of sp³-hybridized carbons (Fsp3) is 0.917. The third-order valence-corrected chi connectivity index (χ3v) is 2.95. The van der Waals surface area contributed by atoms with Crippen LogP contribution in [0.3, 0.4) is 0 Å². The number of carbonyl (C=O) groups excluding carboxylic acids is 1. The molecular weight excluding hydrogens is 220 g/mol. The molecule has 0 saturated carbocycles. The van der Waals surface area contributed by atoms with Crippen molar-refractivity contribution in [3.8, 4) is 0 Å². The van der Waals surface area contributed by atoms with E-state index in [0.29, 0.717) is 19.1 Å². The lowest BCUT2D eigenvalue weighted by Gasteiger charge is -2.32. The Morgan fingerprint density at radius 3 is 3.06 bits per heavy atom. The maximum absolute atomic E-state index is 11.8. The van der Waals surface area contributed by atoms with Crippen LogP contribution in [0.25, 0.3) is 0 Å². The van der Waals surface area contributed by atoms with Crippen LogP contribution in [0.15, 0.2) is 0 Å². The highest BCUT2D eigenvalue weighted by Gasteiger charge is 2.23. The van der Waals surface area contributed by atoms with Gasteiger partial charge in [-0.2, -0.15) is 0 Å². The summed E-state index contributed by atoms with van der Waals surface area (Å²) in [5, 5.41) is 2.85. The van der Waals surface area contributed by atoms with Crippen molar-refractivity contribution in [3.05, 3.63) is 0 Å². The van der Waals surface area contributed by atoms with E-state index in [1.165, 1.54) is 0 Å². The van der Waals surface area contributed by atoms with Gasteiger partial charge in [-0.3, -0.25) is 0 Å². The molecule has 1 aliphatic heterocycles. The van der Waals surface area contributed by atoms with E-state index in [1.54, 1.807) is 7.11 Å². The summed E-state index contributed by atoms with van der Waals surface area (Å²) in [6, 6.07) is 0.0169. The van der Waals surface area contributed by atoms with Gasteiger partial charge in [0.2, 0.25) is 0 Å². The summed E-state index contributed by atoms with van der Waals surface area (Å²) >= 11 is 0. The average Bonchev–Trinajstić information content (AvgIpc) is 2.37. The van der Waals surface area contributed by atoms with Crippen molar-refractivity contribution in [2.24, 2.45) is 5.92 Å². The number of hydrogen-bond donors (Lipinski definition) is 1. The summed E-state index contributed by atoms with van der Waals surface area (Å²) in [7, 11) is 1.63. The summed E-state index contributed by atoms with van der Waals surface area (Å²) in [6.07, 6.45) is 2.22. The van der Waals surface area contributed by atoms with Gasteiger partial charge in [0, 0.05) is 39.3 Å². The Balaban J connectivity index is 2.25. The van der Waals surface area contributed by atoms with Crippen molar-refractivity contribution in [1.82, 2.24) is 10.2 Å². The Morgan fingerprint density at radius 1 is 1.53 bits per heavy atom. The van der Waals surface area contributed by atoms with Crippen LogP contribution in [0, 0.1) is 5.92 Å². The van der Waals surface area contributed by atoms with Gasteiger partial charge in [-0.15, -0.1) is 0 Å². The monoisotopic (exact) mass is 244 g/mol. The number of likely N-dealkylation sites (tertiary alicyclic amines) is 1. The van der Waals surface area contributed by atoms with E-state index < -0.39 is 0 Å². The van der Waals surface area contributed by atoms with Crippen LogP contribution in [-0.4, -0.2) is 57.5 Å². The fourth-order valence-corrected chi connectivity index (χ4v) is 2.04. The van der Waals surface area contributed by atoms with Crippen LogP contribution in [0.5, 0.6) is 0 Å². The predicted molar refractivity (Wildman–Crippen MR) is 66.1 cm³/mol. The summed E-state index contributed by atoms with van der Waals surface area (Å²) in [5.74, 6) is 0.483. The largest absolute Gasteiger partial charge is 0.383 e. The zero-order valence-corrected chi connectivity index (χ0v) is 10.9. The van der Waals surface area contributed by atoms with Crippen molar-refractivity contribution in [2.45, 2.75) is 19.8 Å². The molecule has 100 valence electrons. The van der Waals surface area contributed by atoms with E-state index in [0.717, 1.165) is 39.1 Å². The number of methoxy groups -OCH3 is 1. The van der Waals surface area contributed by atoms with Gasteiger partial charge in [-0.1, -0.05) is 0 Å². The van der Waals surface area contributed by atoms with Crippen molar-refractivity contribution < 1.29 is 14.3 Å². The number of piperidine rings is 1. The number of urea groups is 1. The average molecular weight is 244 g/mol. The van der Waals surface area contributed by atoms with Crippen LogP contribution in [-0.2, 0) is 9.47 Å². The molecule has 1 N–H and O–H groups in total. The van der Waals surface area contributed by atoms with Gasteiger partial charge < -0.3 is 19.7 Å². The Labute approximate surface area is 103 Å². The molecule has 0 aromatic heterocycles. The molecule has 1 saturated heterocycles. The normalized spacial score (nSPS) is 20.4. The van der Waals surface area contributed by atoms with Crippen LogP contribution >= 0.6 is 0 Å². The van der Waals surface area contributed by atoms with Gasteiger partial charge in [-0.05, 0) is 19.8 Å². The number of nitrogens with zero attached hydrogens (tertiary/aromatic N) is 1. The van der Waals surface area contributed by atoms with Crippen LogP contribution in [0.1, 0.15) is 19.8 Å². The second-order valence-corrected chi connectivity index (χ2v) is 4.34. The molecule has 1 fully saturated rings. The molecule has 5 heteroatoms. The minimum atomic E-state index is 0.0169. The Kier molecular flexibility index (Phi) is 6.96. The highest BCUT2D eigenvalue weighted by atomic mass is 16.5. The van der Waals surface area contributed by atoms with Crippen LogP contribution in [0.4, 0.5) is 4.79 Å². The molecule has 1 rings (SSSR count). The van der Waals surface area contributed by atoms with Crippen molar-refractivity contribution in [3.63, 3.8) is 0 Å². The number of carbonyl (C=O) groups is 1. The smallest absolute Gasteiger partial charge is 0.317 e. The summed E-state index contributed by atoms with van der Waals surface area (Å²) < 4.78 is 10.3. The van der Waals surface area contributed by atoms with Crippen LogP contribution < -0.4 is 5.32 Å². The molecular formula is C12H24N2O3. The van der Waals surface area contributed by atoms with Gasteiger partial charge in [-0.25, -0.2) is 4.79 Å². The van der Waals surface area contributed by atoms with Crippen molar-refractivity contribution in [1.29, 1.82) is 0 Å². The Morgan fingerprint density at radius 2 is 2.35 bits per heavy atom. The van der Waals surface area contributed by atoms with E-state index >= 15 is 0 Å². The second kappa shape index (κ2) is 8.31. The molecule has 1 heterocycles. The molecule has 0 aromatic carbocycles. The fourth-order valence-electron chi connectivity index (χ4n) is 2.04. The van der Waals surface area contributed by atoms with E-state index in [-0.39, 0.29) is 6.03 Å². The molecule has 1 aliphatic rings. The Hall–Kier alpha value is -0.810. The summed E-state index contributed by atoms with van der Waals surface area (Å²) in [5.41, 5.74) is 0. The number of rotatable bonds is 6. The third kappa shape index (κ3) is 5.37. The van der Waals surface area contributed by atoms with Gasteiger partial charge in [0.25, 0.3) is 0 Å². The van der Waals surface area contributed by atoms with Gasteiger partial charge in [0.15, 0.2) is 0 Å². The van der Waals surface area contributed by atoms with Gasteiger partial charge >= 0.3 is 6.03 Å². The molecule has 2 amide bonds. The molecule has 0 spiro atoms. The van der Waals surface area contributed by atoms with Gasteiger partial charge in [0.1, 0.15) is 0 Å². The first kappa shape index (κ1) is 14.3. The maximum Gasteiger partial charge on any atom is 0.317 e. The molecule has 5 nitrogen and oxygen atoms in total. The SMILES string of the molecule is CCOC[C@H]1CCCN(C(=O)NCCOC)C1. The first-order chi connectivity index (χ1) is 8.27. The highest BCUT2D eigenvalue weighted by molar-refractivity contribution is 5.74. The van der Waals surface area contributed by atoms with Crippen LogP contribution in [0.2, 0.25) is 0 Å². The lowest BCUT2D eigenvalue weighted by molar-refractivity contribution is 0.0752. The Bertz CT molecular complexity index is 224. The topological polar surface area (TPSA) is 50.8 Å². The zero-order chi connectivity index (χ0) is 12.5. The lowest BCUT2D eigenvalue weighted by Crippen LogP contribution is -2.47. The van der Waals surface area contributed by atoms with Crippen molar-refractivity contribution in [2.75, 3.05) is 46.6 Å². The first-order valence-electron chi connectivity index (χ1n) is 6.37. The van der Waals surface area contributed by atoms with E-state index in [2.05, 4.69) is 5.32 Å². The summed E-state index contributed by atoms with van der Waals surface area (Å²) in [6.45, 7) is 6.29. The number of hydrogen-bond acceptors (Lipinski definition) is 3. The maximum atomic E-state index is 11.8. The minimum Gasteiger partial charge on any atom is -0.383 e. The van der Waals surface area contributed by atoms with Crippen molar-refractivity contribution >= 4 is 6.03 Å². The van der Waals surface area contributed by atoms with E-state index in [9.17, 15) is 4.79 Å². The van der Waals surface area contributed by atoms with E-state index in [4.69, 9.17) is 9.47 Å². The molecule has 1 atom stereocenters. The van der Waals surface area contributed by atoms with E-state index in [1.807, 2.05) is 11.8 Å². The highest BCUT2D eigenvalue weighted by Crippen LogP contribution is 2.16. The minimum absolute atomic E-state index is 0.0169. The molecule has 0 aliphatic carbocycles. The second-order valence-electron chi connectivity index (χ2n) is 4.34. The number of ether oxygens (including phenoxy) is 2. The molecule has 0 bridgehead atoms. The quantitative estimate of drug-likeness (QED) is 0.712. The number of nitrogens with one attached hydrogen (secondary N) is 1. The van der Waals surface area contributed by atoms with Gasteiger partial charge in [0.05, 0.1) is 13.2 Å². The predicted octanol–water partition coefficient (Wildman–Crippen LogP) is 1.09. The molecule has 0 radical (unpaired) electrons. The first-order valence-corrected chi connectivity index (χ1v) is 6.37.